The lowest BCUT2D eigenvalue weighted by Crippen LogP contribution is -2.38. The fourth-order valence-corrected chi connectivity index (χ4v) is 2.87. The second-order valence-electron chi connectivity index (χ2n) is 5.09. The standard InChI is InChI=1S/C17H24N4OS/c1-4-18-17(19-9-8-16-20-11-13(2)23-16)21-12-14-6-5-7-15(10-14)22-3/h5-7,10-11H,4,8-9,12H2,1-3H3,(H2,18,19,21). The van der Waals surface area contributed by atoms with Crippen LogP contribution in [0.2, 0.25) is 0 Å². The second-order valence-corrected chi connectivity index (χ2v) is 6.41. The van der Waals surface area contributed by atoms with Gasteiger partial charge in [0.05, 0.1) is 18.7 Å². The van der Waals surface area contributed by atoms with Crippen molar-refractivity contribution in [3.63, 3.8) is 0 Å². The van der Waals surface area contributed by atoms with Crippen LogP contribution < -0.4 is 15.4 Å². The van der Waals surface area contributed by atoms with E-state index in [0.29, 0.717) is 6.54 Å². The zero-order valence-corrected chi connectivity index (χ0v) is 14.7. The number of aliphatic imine (C=N–C) groups is 1. The molecule has 124 valence electrons. The lowest BCUT2D eigenvalue weighted by Gasteiger charge is -2.11. The third-order valence-electron chi connectivity index (χ3n) is 3.20. The Labute approximate surface area is 141 Å². The summed E-state index contributed by atoms with van der Waals surface area (Å²) >= 11 is 1.74. The number of nitrogens with one attached hydrogen (secondary N) is 2. The molecule has 2 rings (SSSR count). The monoisotopic (exact) mass is 332 g/mol. The van der Waals surface area contributed by atoms with Gasteiger partial charge in [-0.05, 0) is 31.5 Å². The predicted molar refractivity (Wildman–Crippen MR) is 96.4 cm³/mol. The molecule has 0 amide bonds. The third-order valence-corrected chi connectivity index (χ3v) is 4.17. The van der Waals surface area contributed by atoms with Crippen LogP contribution in [0.15, 0.2) is 35.5 Å². The van der Waals surface area contributed by atoms with Gasteiger partial charge in [-0.1, -0.05) is 12.1 Å². The number of ether oxygens (including phenoxy) is 1. The van der Waals surface area contributed by atoms with E-state index in [0.717, 1.165) is 41.8 Å². The molecule has 0 aliphatic carbocycles. The quantitative estimate of drug-likeness (QED) is 0.605. The van der Waals surface area contributed by atoms with E-state index >= 15 is 0 Å². The van der Waals surface area contributed by atoms with E-state index in [2.05, 4.69) is 34.5 Å². The van der Waals surface area contributed by atoms with Gasteiger partial charge in [0.2, 0.25) is 0 Å². The van der Waals surface area contributed by atoms with Crippen molar-refractivity contribution in [1.82, 2.24) is 15.6 Å². The largest absolute Gasteiger partial charge is 0.497 e. The minimum atomic E-state index is 0.614. The molecule has 0 unspecified atom stereocenters. The lowest BCUT2D eigenvalue weighted by atomic mass is 10.2. The first kappa shape index (κ1) is 17.3. The number of rotatable bonds is 7. The maximum Gasteiger partial charge on any atom is 0.191 e. The number of nitrogens with zero attached hydrogens (tertiary/aromatic N) is 2. The molecule has 23 heavy (non-hydrogen) atoms. The molecule has 0 bridgehead atoms. The summed E-state index contributed by atoms with van der Waals surface area (Å²) in [6.07, 6.45) is 2.82. The van der Waals surface area contributed by atoms with Crippen molar-refractivity contribution in [3.8, 4) is 5.75 Å². The molecule has 1 heterocycles. The summed E-state index contributed by atoms with van der Waals surface area (Å²) in [4.78, 5) is 10.2. The van der Waals surface area contributed by atoms with Gasteiger partial charge in [0.1, 0.15) is 5.75 Å². The molecule has 2 aromatic rings. The number of thiazole rings is 1. The molecule has 2 N–H and O–H groups in total. The van der Waals surface area contributed by atoms with Gasteiger partial charge in [-0.25, -0.2) is 9.98 Å². The van der Waals surface area contributed by atoms with E-state index in [4.69, 9.17) is 4.74 Å². The molecular formula is C17H24N4OS. The van der Waals surface area contributed by atoms with Crippen molar-refractivity contribution >= 4 is 17.3 Å². The summed E-state index contributed by atoms with van der Waals surface area (Å²) in [5.41, 5.74) is 1.12. The Morgan fingerprint density at radius 1 is 1.35 bits per heavy atom. The molecular weight excluding hydrogens is 308 g/mol. The fourth-order valence-electron chi connectivity index (χ4n) is 2.09. The van der Waals surface area contributed by atoms with E-state index in [-0.39, 0.29) is 0 Å². The normalized spacial score (nSPS) is 11.3. The van der Waals surface area contributed by atoms with Crippen LogP contribution in [0.3, 0.4) is 0 Å². The average Bonchev–Trinajstić information content (AvgIpc) is 2.98. The van der Waals surface area contributed by atoms with Crippen LogP contribution in [0.4, 0.5) is 0 Å². The summed E-state index contributed by atoms with van der Waals surface area (Å²) in [5.74, 6) is 1.68. The first-order valence-electron chi connectivity index (χ1n) is 7.77. The summed E-state index contributed by atoms with van der Waals surface area (Å²) < 4.78 is 5.24. The molecule has 0 spiro atoms. The molecule has 1 aromatic heterocycles. The third kappa shape index (κ3) is 5.90. The average molecular weight is 332 g/mol. The molecule has 0 fully saturated rings. The number of hydrogen-bond acceptors (Lipinski definition) is 4. The topological polar surface area (TPSA) is 58.5 Å². The minimum Gasteiger partial charge on any atom is -0.497 e. The molecule has 1 aromatic carbocycles. The molecule has 0 radical (unpaired) electrons. The number of benzene rings is 1. The van der Waals surface area contributed by atoms with Crippen LogP contribution in [-0.4, -0.2) is 31.1 Å². The zero-order valence-electron chi connectivity index (χ0n) is 13.9. The minimum absolute atomic E-state index is 0.614. The van der Waals surface area contributed by atoms with Gasteiger partial charge in [-0.15, -0.1) is 11.3 Å². The van der Waals surface area contributed by atoms with E-state index in [1.54, 1.807) is 18.4 Å². The van der Waals surface area contributed by atoms with Crippen molar-refractivity contribution in [2.24, 2.45) is 4.99 Å². The van der Waals surface area contributed by atoms with Gasteiger partial charge < -0.3 is 15.4 Å². The van der Waals surface area contributed by atoms with Crippen molar-refractivity contribution in [1.29, 1.82) is 0 Å². The first-order valence-corrected chi connectivity index (χ1v) is 8.59. The molecule has 0 saturated heterocycles. The van der Waals surface area contributed by atoms with Gasteiger partial charge >= 0.3 is 0 Å². The number of guanidine groups is 1. The highest BCUT2D eigenvalue weighted by Crippen LogP contribution is 2.13. The van der Waals surface area contributed by atoms with Crippen LogP contribution >= 0.6 is 11.3 Å². The summed E-state index contributed by atoms with van der Waals surface area (Å²) in [6.45, 7) is 6.40. The Morgan fingerprint density at radius 3 is 2.91 bits per heavy atom. The SMILES string of the molecule is CCNC(=NCc1cccc(OC)c1)NCCc1ncc(C)s1. The molecule has 0 atom stereocenters. The highest BCUT2D eigenvalue weighted by molar-refractivity contribution is 7.11. The second kappa shape index (κ2) is 9.15. The molecule has 0 aliphatic heterocycles. The summed E-state index contributed by atoms with van der Waals surface area (Å²) in [5, 5.41) is 7.77. The van der Waals surface area contributed by atoms with E-state index in [1.165, 1.54) is 4.88 Å². The van der Waals surface area contributed by atoms with Crippen molar-refractivity contribution in [3.05, 3.63) is 45.9 Å². The Balaban J connectivity index is 1.88. The molecule has 5 nitrogen and oxygen atoms in total. The zero-order chi connectivity index (χ0) is 16.5. The van der Waals surface area contributed by atoms with Crippen molar-refractivity contribution in [2.75, 3.05) is 20.2 Å². The first-order chi connectivity index (χ1) is 11.2. The Kier molecular flexibility index (Phi) is 6.87. The number of aromatic nitrogens is 1. The number of aryl methyl sites for hydroxylation is 1. The smallest absolute Gasteiger partial charge is 0.191 e. The summed E-state index contributed by atoms with van der Waals surface area (Å²) in [7, 11) is 1.67. The fraction of sp³-hybridized carbons (Fsp3) is 0.412. The Hall–Kier alpha value is -2.08. The van der Waals surface area contributed by atoms with Crippen LogP contribution in [-0.2, 0) is 13.0 Å². The van der Waals surface area contributed by atoms with Crippen molar-refractivity contribution in [2.45, 2.75) is 26.8 Å². The Bertz CT molecular complexity index is 639. The van der Waals surface area contributed by atoms with E-state index < -0.39 is 0 Å². The van der Waals surface area contributed by atoms with Gasteiger partial charge in [0.15, 0.2) is 5.96 Å². The summed E-state index contributed by atoms with van der Waals surface area (Å²) in [6, 6.07) is 7.97. The molecule has 0 saturated carbocycles. The van der Waals surface area contributed by atoms with Gasteiger partial charge in [-0.2, -0.15) is 0 Å². The van der Waals surface area contributed by atoms with Crippen LogP contribution in [0.5, 0.6) is 5.75 Å². The van der Waals surface area contributed by atoms with Crippen LogP contribution in [0.25, 0.3) is 0 Å². The van der Waals surface area contributed by atoms with Crippen molar-refractivity contribution < 1.29 is 4.74 Å². The number of hydrogen-bond donors (Lipinski definition) is 2. The van der Waals surface area contributed by atoms with Crippen LogP contribution in [0, 0.1) is 6.92 Å². The van der Waals surface area contributed by atoms with Gasteiger partial charge in [-0.3, -0.25) is 0 Å². The van der Waals surface area contributed by atoms with Crippen LogP contribution in [0.1, 0.15) is 22.4 Å². The molecule has 6 heteroatoms. The van der Waals surface area contributed by atoms with E-state index in [9.17, 15) is 0 Å². The van der Waals surface area contributed by atoms with E-state index in [1.807, 2.05) is 30.5 Å². The maximum atomic E-state index is 5.24. The Morgan fingerprint density at radius 2 is 2.22 bits per heavy atom. The van der Waals surface area contributed by atoms with Gasteiger partial charge in [0.25, 0.3) is 0 Å². The van der Waals surface area contributed by atoms with Gasteiger partial charge in [0, 0.05) is 30.6 Å². The molecule has 0 aliphatic rings. The highest BCUT2D eigenvalue weighted by Gasteiger charge is 2.01. The maximum absolute atomic E-state index is 5.24. The highest BCUT2D eigenvalue weighted by atomic mass is 32.1. The predicted octanol–water partition coefficient (Wildman–Crippen LogP) is 2.76. The number of methoxy groups -OCH3 is 1. The lowest BCUT2D eigenvalue weighted by molar-refractivity contribution is 0.414.